The summed E-state index contributed by atoms with van der Waals surface area (Å²) in [5.74, 6) is 1.76. The van der Waals surface area contributed by atoms with Crippen LogP contribution in [0, 0.1) is 12.8 Å². The maximum Gasteiger partial charge on any atom is 0.104 e. The number of nitrogens with zero attached hydrogens (tertiary/aromatic N) is 2. The van der Waals surface area contributed by atoms with Crippen molar-refractivity contribution in [2.75, 3.05) is 13.1 Å². The second-order valence-corrected chi connectivity index (χ2v) is 8.11. The van der Waals surface area contributed by atoms with E-state index in [0.717, 1.165) is 26.1 Å². The third kappa shape index (κ3) is 2.93. The fourth-order valence-corrected chi connectivity index (χ4v) is 4.75. The first-order valence-corrected chi connectivity index (χ1v) is 10.2. The van der Waals surface area contributed by atoms with Crippen molar-refractivity contribution in [1.82, 2.24) is 4.90 Å². The van der Waals surface area contributed by atoms with E-state index in [2.05, 4.69) is 96.8 Å². The summed E-state index contributed by atoms with van der Waals surface area (Å²) >= 11 is 0. The second-order valence-electron chi connectivity index (χ2n) is 8.11. The Morgan fingerprint density at radius 3 is 2.07 bits per heavy atom. The minimum absolute atomic E-state index is 0.0667. The van der Waals surface area contributed by atoms with Gasteiger partial charge in [0.25, 0.3) is 0 Å². The Bertz CT molecular complexity index is 934. The molecule has 1 heterocycles. The molecule has 5 rings (SSSR count). The van der Waals surface area contributed by atoms with Gasteiger partial charge in [-0.25, -0.2) is 0 Å². The van der Waals surface area contributed by atoms with E-state index in [-0.39, 0.29) is 5.41 Å². The van der Waals surface area contributed by atoms with Crippen LogP contribution in [0.3, 0.4) is 0 Å². The van der Waals surface area contributed by atoms with Gasteiger partial charge in [-0.15, -0.1) is 0 Å². The first kappa shape index (κ1) is 17.2. The maximum absolute atomic E-state index is 4.98. The molecule has 1 fully saturated rings. The number of hydrogen-bond acceptors (Lipinski definition) is 2. The van der Waals surface area contributed by atoms with Gasteiger partial charge < -0.3 is 4.90 Å². The van der Waals surface area contributed by atoms with Gasteiger partial charge in [-0.3, -0.25) is 4.99 Å². The molecule has 140 valence electrons. The minimum Gasteiger partial charge on any atom is -0.354 e. The largest absolute Gasteiger partial charge is 0.354 e. The highest BCUT2D eigenvalue weighted by Gasteiger charge is 2.60. The van der Waals surface area contributed by atoms with Crippen molar-refractivity contribution in [3.8, 4) is 0 Å². The number of aryl methyl sites for hydroxylation is 1. The molecule has 3 aromatic carbocycles. The Balaban J connectivity index is 1.46. The van der Waals surface area contributed by atoms with Crippen LogP contribution in [0.25, 0.3) is 0 Å². The van der Waals surface area contributed by atoms with Crippen LogP contribution < -0.4 is 0 Å². The molecule has 0 saturated heterocycles. The predicted octanol–water partition coefficient (Wildman–Crippen LogP) is 5.22. The lowest BCUT2D eigenvalue weighted by atomic mass is 9.85. The zero-order chi connectivity index (χ0) is 19.0. The standard InChI is InChI=1S/C26H26N2/c1-20-12-14-21(15-13-20)19-28-17-16-27-25(28)24-18-26(24,22-8-4-2-5-9-22)23-10-6-3-7-11-23/h2-15,24H,16-19H2,1H3. The molecule has 2 nitrogen and oxygen atoms in total. The van der Waals surface area contributed by atoms with Crippen molar-refractivity contribution >= 4 is 5.84 Å². The smallest absolute Gasteiger partial charge is 0.104 e. The molecule has 1 aliphatic heterocycles. The molecule has 1 atom stereocenters. The molecule has 28 heavy (non-hydrogen) atoms. The summed E-state index contributed by atoms with van der Waals surface area (Å²) < 4.78 is 0. The van der Waals surface area contributed by atoms with Crippen LogP contribution >= 0.6 is 0 Å². The molecule has 0 amide bonds. The number of amidine groups is 1. The third-order valence-corrected chi connectivity index (χ3v) is 6.31. The number of aliphatic imine (C=N–C) groups is 1. The molecule has 3 aromatic rings. The lowest BCUT2D eigenvalue weighted by molar-refractivity contribution is 0.438. The average Bonchev–Trinajstić information content (AvgIpc) is 3.35. The molecule has 0 spiro atoms. The summed E-state index contributed by atoms with van der Waals surface area (Å²) in [6.45, 7) is 5.04. The molecule has 2 heteroatoms. The van der Waals surface area contributed by atoms with E-state index in [0.29, 0.717) is 5.92 Å². The summed E-state index contributed by atoms with van der Waals surface area (Å²) in [6, 6.07) is 30.9. The molecule has 1 aliphatic carbocycles. The van der Waals surface area contributed by atoms with Gasteiger partial charge in [0.1, 0.15) is 5.84 Å². The highest BCUT2D eigenvalue weighted by Crippen LogP contribution is 2.60. The van der Waals surface area contributed by atoms with Gasteiger partial charge in [0.05, 0.1) is 6.54 Å². The summed E-state index contributed by atoms with van der Waals surface area (Å²) in [6.07, 6.45) is 1.14. The highest BCUT2D eigenvalue weighted by molar-refractivity contribution is 5.92. The molecular formula is C26H26N2. The quantitative estimate of drug-likeness (QED) is 0.605. The van der Waals surface area contributed by atoms with E-state index in [1.165, 1.54) is 28.1 Å². The third-order valence-electron chi connectivity index (χ3n) is 6.31. The van der Waals surface area contributed by atoms with Gasteiger partial charge in [-0.1, -0.05) is 90.5 Å². The Hall–Kier alpha value is -2.87. The topological polar surface area (TPSA) is 15.6 Å². The zero-order valence-corrected chi connectivity index (χ0v) is 16.4. The van der Waals surface area contributed by atoms with E-state index < -0.39 is 0 Å². The first-order valence-electron chi connectivity index (χ1n) is 10.2. The van der Waals surface area contributed by atoms with Gasteiger partial charge in [-0.2, -0.15) is 0 Å². The summed E-state index contributed by atoms with van der Waals surface area (Å²) in [4.78, 5) is 7.48. The van der Waals surface area contributed by atoms with E-state index in [9.17, 15) is 0 Å². The molecule has 0 N–H and O–H groups in total. The van der Waals surface area contributed by atoms with Crippen molar-refractivity contribution in [2.45, 2.75) is 25.3 Å². The summed E-state index contributed by atoms with van der Waals surface area (Å²) in [5, 5.41) is 0. The van der Waals surface area contributed by atoms with E-state index in [1.807, 2.05) is 0 Å². The fraction of sp³-hybridized carbons (Fsp3) is 0.269. The van der Waals surface area contributed by atoms with Gasteiger partial charge in [-0.05, 0) is 30.0 Å². The lowest BCUT2D eigenvalue weighted by Crippen LogP contribution is -2.31. The van der Waals surface area contributed by atoms with E-state index in [1.54, 1.807) is 0 Å². The number of benzene rings is 3. The molecule has 2 aliphatic rings. The normalized spacial score (nSPS) is 20.1. The second kappa shape index (κ2) is 6.94. The van der Waals surface area contributed by atoms with Crippen LogP contribution in [0.5, 0.6) is 0 Å². The Morgan fingerprint density at radius 1 is 0.857 bits per heavy atom. The van der Waals surface area contributed by atoms with E-state index in [4.69, 9.17) is 4.99 Å². The number of rotatable bonds is 5. The van der Waals surface area contributed by atoms with Crippen LogP contribution in [0.4, 0.5) is 0 Å². The molecule has 0 radical (unpaired) electrons. The average molecular weight is 367 g/mol. The number of hydrogen-bond donors (Lipinski definition) is 0. The van der Waals surface area contributed by atoms with Crippen LogP contribution in [0.2, 0.25) is 0 Å². The van der Waals surface area contributed by atoms with Crippen molar-refractivity contribution < 1.29 is 0 Å². The van der Waals surface area contributed by atoms with Crippen molar-refractivity contribution in [3.63, 3.8) is 0 Å². The van der Waals surface area contributed by atoms with Gasteiger partial charge in [0.15, 0.2) is 0 Å². The maximum atomic E-state index is 4.98. The monoisotopic (exact) mass is 366 g/mol. The van der Waals surface area contributed by atoms with Crippen molar-refractivity contribution in [3.05, 3.63) is 107 Å². The molecule has 0 bridgehead atoms. The van der Waals surface area contributed by atoms with Crippen molar-refractivity contribution in [1.29, 1.82) is 0 Å². The molecule has 0 aromatic heterocycles. The highest BCUT2D eigenvalue weighted by atomic mass is 15.2. The summed E-state index contributed by atoms with van der Waals surface area (Å²) in [5.41, 5.74) is 5.57. The summed E-state index contributed by atoms with van der Waals surface area (Å²) in [7, 11) is 0. The van der Waals surface area contributed by atoms with Gasteiger partial charge in [0.2, 0.25) is 0 Å². The zero-order valence-electron chi connectivity index (χ0n) is 16.4. The van der Waals surface area contributed by atoms with E-state index >= 15 is 0 Å². The van der Waals surface area contributed by atoms with Crippen molar-refractivity contribution in [2.24, 2.45) is 10.9 Å². The van der Waals surface area contributed by atoms with Gasteiger partial charge >= 0.3 is 0 Å². The SMILES string of the molecule is Cc1ccc(CN2CCN=C2C2CC2(c2ccccc2)c2ccccc2)cc1. The van der Waals surface area contributed by atoms with Crippen LogP contribution in [0.1, 0.15) is 28.7 Å². The Labute approximate surface area is 167 Å². The van der Waals surface area contributed by atoms with Gasteiger partial charge in [0, 0.05) is 24.4 Å². The Kier molecular flexibility index (Phi) is 4.27. The van der Waals surface area contributed by atoms with Crippen LogP contribution in [-0.4, -0.2) is 23.8 Å². The molecule has 1 unspecified atom stereocenters. The minimum atomic E-state index is 0.0667. The molecular weight excluding hydrogens is 340 g/mol. The van der Waals surface area contributed by atoms with Crippen LogP contribution in [0.15, 0.2) is 89.9 Å². The lowest BCUT2D eigenvalue weighted by Gasteiger charge is -2.24. The Morgan fingerprint density at radius 2 is 1.46 bits per heavy atom. The van der Waals surface area contributed by atoms with Crippen LogP contribution in [-0.2, 0) is 12.0 Å². The first-order chi connectivity index (χ1) is 13.8. The predicted molar refractivity (Wildman–Crippen MR) is 116 cm³/mol. The molecule has 1 saturated carbocycles. The fourth-order valence-electron chi connectivity index (χ4n) is 4.75.